The number of unbranched alkanes of at least 4 members (excludes halogenated alkanes) is 7. The summed E-state index contributed by atoms with van der Waals surface area (Å²) in [6, 6.07) is 5.60. The molecule has 0 saturated heterocycles. The predicted molar refractivity (Wildman–Crippen MR) is 159 cm³/mol. The number of hydrogen-bond donors (Lipinski definition) is 0. The SMILES string of the molecule is CCCCCCCCCCOc1c(OCC=C(C)CCC=C(C)C)c(=O)oc2c(OC(C)(C)C)cccc12. The molecule has 0 bridgehead atoms. The summed E-state index contributed by atoms with van der Waals surface area (Å²) in [5, 5.41) is 0.685. The molecule has 2 aromatic rings. The molecule has 2 rings (SSSR count). The third-order valence-corrected chi connectivity index (χ3v) is 6.22. The molecule has 0 unspecified atom stereocenters. The fourth-order valence-electron chi connectivity index (χ4n) is 4.20. The first-order valence-corrected chi connectivity index (χ1v) is 14.5. The van der Waals surface area contributed by atoms with E-state index in [-0.39, 0.29) is 12.4 Å². The summed E-state index contributed by atoms with van der Waals surface area (Å²) < 4.78 is 24.0. The van der Waals surface area contributed by atoms with Gasteiger partial charge in [-0.2, -0.15) is 0 Å². The molecule has 0 saturated carbocycles. The van der Waals surface area contributed by atoms with Gasteiger partial charge in [-0.25, -0.2) is 4.79 Å². The van der Waals surface area contributed by atoms with Crippen LogP contribution in [0.3, 0.4) is 0 Å². The van der Waals surface area contributed by atoms with E-state index < -0.39 is 11.2 Å². The van der Waals surface area contributed by atoms with Crippen molar-refractivity contribution in [1.29, 1.82) is 0 Å². The molecular formula is C33H50O5. The van der Waals surface area contributed by atoms with Crippen LogP contribution in [-0.2, 0) is 0 Å². The average Bonchev–Trinajstić information content (AvgIpc) is 2.83. The van der Waals surface area contributed by atoms with Gasteiger partial charge < -0.3 is 18.6 Å². The fourth-order valence-corrected chi connectivity index (χ4v) is 4.20. The highest BCUT2D eigenvalue weighted by Crippen LogP contribution is 2.38. The lowest BCUT2D eigenvalue weighted by molar-refractivity contribution is 0.131. The molecule has 0 N–H and O–H groups in total. The van der Waals surface area contributed by atoms with Gasteiger partial charge in [0.15, 0.2) is 17.1 Å². The minimum atomic E-state index is -0.552. The third-order valence-electron chi connectivity index (χ3n) is 6.22. The Hall–Kier alpha value is -2.69. The molecule has 0 aliphatic carbocycles. The maximum Gasteiger partial charge on any atom is 0.383 e. The van der Waals surface area contributed by atoms with Crippen LogP contribution in [-0.4, -0.2) is 18.8 Å². The second kappa shape index (κ2) is 16.3. The van der Waals surface area contributed by atoms with Crippen LogP contribution < -0.4 is 19.8 Å². The minimum absolute atomic E-state index is 0.123. The molecule has 5 heteroatoms. The smallest absolute Gasteiger partial charge is 0.383 e. The highest BCUT2D eigenvalue weighted by atomic mass is 16.5. The van der Waals surface area contributed by atoms with Crippen molar-refractivity contribution in [2.24, 2.45) is 0 Å². The minimum Gasteiger partial charge on any atom is -0.489 e. The van der Waals surface area contributed by atoms with Crippen molar-refractivity contribution in [1.82, 2.24) is 0 Å². The molecule has 0 aliphatic heterocycles. The van der Waals surface area contributed by atoms with Crippen molar-refractivity contribution in [2.75, 3.05) is 13.2 Å². The van der Waals surface area contributed by atoms with Gasteiger partial charge in [0.25, 0.3) is 0 Å². The first kappa shape index (κ1) is 31.5. The third kappa shape index (κ3) is 11.4. The molecule has 0 radical (unpaired) electrons. The van der Waals surface area contributed by atoms with Gasteiger partial charge in [0.2, 0.25) is 5.75 Å². The van der Waals surface area contributed by atoms with Crippen LogP contribution >= 0.6 is 0 Å². The number of allylic oxidation sites excluding steroid dienone is 3. The van der Waals surface area contributed by atoms with Gasteiger partial charge in [-0.3, -0.25) is 0 Å². The fraction of sp³-hybridized carbons (Fsp3) is 0.606. The molecule has 1 aromatic heterocycles. The molecule has 0 atom stereocenters. The maximum atomic E-state index is 13.1. The molecule has 1 heterocycles. The van der Waals surface area contributed by atoms with E-state index in [9.17, 15) is 4.79 Å². The van der Waals surface area contributed by atoms with Crippen molar-refractivity contribution in [3.8, 4) is 17.2 Å². The Kier molecular flexibility index (Phi) is 13.5. The lowest BCUT2D eigenvalue weighted by atomic mass is 10.1. The summed E-state index contributed by atoms with van der Waals surface area (Å²) in [6.45, 7) is 15.2. The second-order valence-corrected chi connectivity index (χ2v) is 11.4. The lowest BCUT2D eigenvalue weighted by Crippen LogP contribution is -2.23. The Morgan fingerprint density at radius 3 is 2.24 bits per heavy atom. The van der Waals surface area contributed by atoms with Gasteiger partial charge in [-0.05, 0) is 79.0 Å². The van der Waals surface area contributed by atoms with E-state index in [0.717, 1.165) is 25.7 Å². The van der Waals surface area contributed by atoms with Gasteiger partial charge in [0, 0.05) is 0 Å². The number of hydrogen-bond acceptors (Lipinski definition) is 5. The molecule has 0 aliphatic rings. The molecule has 0 fully saturated rings. The van der Waals surface area contributed by atoms with Crippen LogP contribution in [0.5, 0.6) is 17.2 Å². The standard InChI is InChI=1S/C33H50O5/c1-8-9-10-11-12-13-14-15-23-35-30-27-20-17-21-28(38-33(5,6)7)29(27)37-32(34)31(30)36-24-22-26(4)19-16-18-25(2)3/h17-18,20-22H,8-16,19,23-24H2,1-7H3. The van der Waals surface area contributed by atoms with E-state index in [2.05, 4.69) is 33.8 Å². The van der Waals surface area contributed by atoms with E-state index in [1.807, 2.05) is 45.0 Å². The van der Waals surface area contributed by atoms with Crippen molar-refractivity contribution >= 4 is 11.0 Å². The van der Waals surface area contributed by atoms with Gasteiger partial charge in [0.05, 0.1) is 12.0 Å². The Bertz CT molecular complexity index is 1100. The van der Waals surface area contributed by atoms with Crippen molar-refractivity contribution in [3.63, 3.8) is 0 Å². The van der Waals surface area contributed by atoms with Crippen LogP contribution in [0.4, 0.5) is 0 Å². The highest BCUT2D eigenvalue weighted by Gasteiger charge is 2.22. The maximum absolute atomic E-state index is 13.1. The predicted octanol–water partition coefficient (Wildman–Crippen LogP) is 9.56. The van der Waals surface area contributed by atoms with Crippen molar-refractivity contribution < 1.29 is 18.6 Å². The molecule has 1 aromatic carbocycles. The van der Waals surface area contributed by atoms with Gasteiger partial charge in [0.1, 0.15) is 12.2 Å². The largest absolute Gasteiger partial charge is 0.489 e. The Morgan fingerprint density at radius 1 is 0.895 bits per heavy atom. The first-order chi connectivity index (χ1) is 18.1. The van der Waals surface area contributed by atoms with E-state index in [1.165, 1.54) is 49.7 Å². The zero-order valence-corrected chi connectivity index (χ0v) is 24.9. The van der Waals surface area contributed by atoms with Crippen LogP contribution in [0.2, 0.25) is 0 Å². The number of benzene rings is 1. The Morgan fingerprint density at radius 2 is 1.58 bits per heavy atom. The van der Waals surface area contributed by atoms with Crippen LogP contribution in [0.1, 0.15) is 113 Å². The summed E-state index contributed by atoms with van der Waals surface area (Å²) in [4.78, 5) is 13.1. The first-order valence-electron chi connectivity index (χ1n) is 14.5. The second-order valence-electron chi connectivity index (χ2n) is 11.4. The molecule has 212 valence electrons. The summed E-state index contributed by atoms with van der Waals surface area (Å²) >= 11 is 0. The van der Waals surface area contributed by atoms with Crippen LogP contribution in [0.15, 0.2) is 50.7 Å². The number of ether oxygens (including phenoxy) is 3. The van der Waals surface area contributed by atoms with Gasteiger partial charge in [-0.1, -0.05) is 75.2 Å². The molecule has 5 nitrogen and oxygen atoms in total. The normalized spacial score (nSPS) is 12.0. The average molecular weight is 527 g/mol. The quantitative estimate of drug-likeness (QED) is 0.117. The van der Waals surface area contributed by atoms with Crippen LogP contribution in [0.25, 0.3) is 11.0 Å². The highest BCUT2D eigenvalue weighted by molar-refractivity contribution is 5.90. The number of para-hydroxylation sites is 1. The summed E-state index contributed by atoms with van der Waals surface area (Å²) in [5.41, 5.74) is 1.93. The summed E-state index contributed by atoms with van der Waals surface area (Å²) in [6.07, 6.45) is 15.9. The van der Waals surface area contributed by atoms with Gasteiger partial charge in [-0.15, -0.1) is 0 Å². The van der Waals surface area contributed by atoms with E-state index in [0.29, 0.717) is 29.1 Å². The molecular weight excluding hydrogens is 476 g/mol. The zero-order chi connectivity index (χ0) is 28.0. The monoisotopic (exact) mass is 526 g/mol. The summed E-state index contributed by atoms with van der Waals surface area (Å²) in [7, 11) is 0. The Balaban J connectivity index is 2.20. The molecule has 0 amide bonds. The zero-order valence-electron chi connectivity index (χ0n) is 24.9. The van der Waals surface area contributed by atoms with Crippen LogP contribution in [0, 0.1) is 0 Å². The Labute approximate surface area is 230 Å². The van der Waals surface area contributed by atoms with E-state index in [4.69, 9.17) is 18.6 Å². The van der Waals surface area contributed by atoms with Crippen molar-refractivity contribution in [3.05, 3.63) is 51.9 Å². The number of fused-ring (bicyclic) bond motifs is 1. The molecule has 0 spiro atoms. The number of rotatable bonds is 17. The molecule has 38 heavy (non-hydrogen) atoms. The summed E-state index contributed by atoms with van der Waals surface area (Å²) in [5.74, 6) is 1.08. The van der Waals surface area contributed by atoms with Gasteiger partial charge >= 0.3 is 5.63 Å². The topological polar surface area (TPSA) is 57.9 Å². The lowest BCUT2D eigenvalue weighted by Gasteiger charge is -2.22. The van der Waals surface area contributed by atoms with Crippen molar-refractivity contribution in [2.45, 2.75) is 118 Å². The van der Waals surface area contributed by atoms with E-state index >= 15 is 0 Å². The van der Waals surface area contributed by atoms with E-state index in [1.54, 1.807) is 0 Å².